The largest absolute Gasteiger partial charge is 0.384 e. The SMILES string of the molecule is OC1(F)[C](F)C(F)(F)C(F)(F)C(F)(F)C1(F)F. The smallest absolute Gasteiger partial charge is 0.354 e. The van der Waals surface area contributed by atoms with Crippen LogP contribution in [0.15, 0.2) is 0 Å². The quantitative estimate of drug-likeness (QED) is 0.676. The maximum Gasteiger partial charge on any atom is 0.384 e. The Labute approximate surface area is 86.0 Å². The van der Waals surface area contributed by atoms with E-state index in [-0.39, 0.29) is 0 Å². The second-order valence-corrected chi connectivity index (χ2v) is 3.23. The van der Waals surface area contributed by atoms with Crippen LogP contribution in [0.1, 0.15) is 0 Å². The molecule has 1 radical (unpaired) electrons. The summed E-state index contributed by atoms with van der Waals surface area (Å²) >= 11 is 0. The summed E-state index contributed by atoms with van der Waals surface area (Å²) in [5, 5.41) is 7.95. The van der Waals surface area contributed by atoms with Crippen LogP contribution in [0.4, 0.5) is 43.9 Å². The van der Waals surface area contributed by atoms with Crippen LogP contribution >= 0.6 is 0 Å². The third-order valence-electron chi connectivity index (χ3n) is 2.17. The van der Waals surface area contributed by atoms with Crippen molar-refractivity contribution in [2.45, 2.75) is 29.5 Å². The van der Waals surface area contributed by atoms with Gasteiger partial charge in [0.05, 0.1) is 0 Å². The van der Waals surface area contributed by atoms with Gasteiger partial charge in [-0.2, -0.15) is 35.1 Å². The molecule has 101 valence electrons. The molecule has 0 spiro atoms. The summed E-state index contributed by atoms with van der Waals surface area (Å²) in [6, 6.07) is 0. The van der Waals surface area contributed by atoms with Gasteiger partial charge in [0.25, 0.3) is 6.17 Å². The van der Waals surface area contributed by atoms with Gasteiger partial charge in [-0.3, -0.25) is 0 Å². The predicted molar refractivity (Wildman–Crippen MR) is 30.2 cm³/mol. The fourth-order valence-electron chi connectivity index (χ4n) is 1.09. The minimum atomic E-state index is -6.98. The summed E-state index contributed by atoms with van der Waals surface area (Å²) in [4.78, 5) is 0. The minimum Gasteiger partial charge on any atom is -0.354 e. The molecule has 1 aliphatic rings. The van der Waals surface area contributed by atoms with Crippen molar-refractivity contribution >= 4 is 0 Å². The normalized spacial score (nSPS) is 39.0. The number of halogens is 10. The fourth-order valence-corrected chi connectivity index (χ4v) is 1.09. The molecule has 0 aromatic rings. The first-order chi connectivity index (χ1) is 7.15. The molecule has 0 heterocycles. The predicted octanol–water partition coefficient (Wildman–Crippen LogP) is 2.70. The van der Waals surface area contributed by atoms with Gasteiger partial charge in [-0.05, 0) is 0 Å². The second kappa shape index (κ2) is 2.98. The molecule has 1 unspecified atom stereocenters. The van der Waals surface area contributed by atoms with Crippen molar-refractivity contribution < 1.29 is 49.0 Å². The molecular formula is C6HF10O. The van der Waals surface area contributed by atoms with Crippen molar-refractivity contribution in [1.82, 2.24) is 0 Å². The Bertz CT molecular complexity index is 304. The van der Waals surface area contributed by atoms with E-state index in [1.54, 1.807) is 0 Å². The second-order valence-electron chi connectivity index (χ2n) is 3.23. The van der Waals surface area contributed by atoms with E-state index < -0.39 is 35.7 Å². The maximum absolute atomic E-state index is 12.5. The van der Waals surface area contributed by atoms with Crippen LogP contribution in [-0.4, -0.2) is 34.7 Å². The Balaban J connectivity index is 3.56. The van der Waals surface area contributed by atoms with Crippen molar-refractivity contribution in [3.8, 4) is 0 Å². The van der Waals surface area contributed by atoms with E-state index in [9.17, 15) is 43.9 Å². The van der Waals surface area contributed by atoms with E-state index in [1.807, 2.05) is 0 Å². The number of alkyl halides is 9. The monoisotopic (exact) mass is 279 g/mol. The van der Waals surface area contributed by atoms with Crippen LogP contribution in [0.5, 0.6) is 0 Å². The molecule has 1 saturated carbocycles. The lowest BCUT2D eigenvalue weighted by molar-refractivity contribution is -0.452. The highest BCUT2D eigenvalue weighted by Crippen LogP contribution is 2.66. The van der Waals surface area contributed by atoms with Crippen molar-refractivity contribution in [2.24, 2.45) is 0 Å². The van der Waals surface area contributed by atoms with Gasteiger partial charge >= 0.3 is 29.5 Å². The summed E-state index contributed by atoms with van der Waals surface area (Å²) in [7, 11) is 0. The molecule has 0 saturated heterocycles. The van der Waals surface area contributed by atoms with Gasteiger partial charge in [0.1, 0.15) is 0 Å². The van der Waals surface area contributed by atoms with Crippen LogP contribution in [-0.2, 0) is 0 Å². The highest BCUT2D eigenvalue weighted by molar-refractivity contribution is 5.27. The third kappa shape index (κ3) is 1.20. The fraction of sp³-hybridized carbons (Fsp3) is 0.833. The first kappa shape index (κ1) is 14.3. The van der Waals surface area contributed by atoms with E-state index in [1.165, 1.54) is 0 Å². The van der Waals surface area contributed by atoms with Gasteiger partial charge in [-0.25, -0.2) is 8.78 Å². The lowest BCUT2D eigenvalue weighted by Crippen LogP contribution is -2.77. The molecule has 1 rings (SSSR count). The zero-order valence-electron chi connectivity index (χ0n) is 7.23. The van der Waals surface area contributed by atoms with Gasteiger partial charge in [0.15, 0.2) is 0 Å². The summed E-state index contributed by atoms with van der Waals surface area (Å²) in [5.74, 6) is -33.4. The molecule has 0 aliphatic heterocycles. The summed E-state index contributed by atoms with van der Waals surface area (Å²) in [6.45, 7) is 0. The van der Waals surface area contributed by atoms with E-state index in [0.29, 0.717) is 0 Å². The van der Waals surface area contributed by atoms with Gasteiger partial charge in [-0.15, -0.1) is 0 Å². The Morgan fingerprint density at radius 1 is 0.647 bits per heavy atom. The van der Waals surface area contributed by atoms with Crippen LogP contribution in [0.25, 0.3) is 0 Å². The summed E-state index contributed by atoms with van der Waals surface area (Å²) in [5.41, 5.74) is 0. The van der Waals surface area contributed by atoms with Crippen molar-refractivity contribution in [1.29, 1.82) is 0 Å². The van der Waals surface area contributed by atoms with Crippen molar-refractivity contribution in [3.05, 3.63) is 6.17 Å². The molecule has 1 nitrogen and oxygen atoms in total. The molecule has 17 heavy (non-hydrogen) atoms. The molecule has 1 fully saturated rings. The lowest BCUT2D eigenvalue weighted by atomic mass is 9.80. The molecule has 0 aromatic heterocycles. The lowest BCUT2D eigenvalue weighted by Gasteiger charge is -2.47. The van der Waals surface area contributed by atoms with Crippen molar-refractivity contribution in [2.75, 3.05) is 0 Å². The number of hydrogen-bond acceptors (Lipinski definition) is 1. The molecule has 0 aromatic carbocycles. The number of hydrogen-bond donors (Lipinski definition) is 1. The van der Waals surface area contributed by atoms with Gasteiger partial charge in [0.2, 0.25) is 0 Å². The highest BCUT2D eigenvalue weighted by Gasteiger charge is 2.96. The number of rotatable bonds is 0. The van der Waals surface area contributed by atoms with E-state index in [0.717, 1.165) is 0 Å². The first-order valence-electron chi connectivity index (χ1n) is 3.61. The molecule has 1 atom stereocenters. The minimum absolute atomic E-state index is 4.27. The number of aliphatic hydroxyl groups is 1. The van der Waals surface area contributed by atoms with Gasteiger partial charge in [0, 0.05) is 0 Å². The zero-order valence-corrected chi connectivity index (χ0v) is 7.23. The molecule has 1 N–H and O–H groups in total. The van der Waals surface area contributed by atoms with Crippen LogP contribution < -0.4 is 0 Å². The van der Waals surface area contributed by atoms with Crippen molar-refractivity contribution in [3.63, 3.8) is 0 Å². The van der Waals surface area contributed by atoms with Crippen LogP contribution in [0.2, 0.25) is 0 Å². The Hall–Kier alpha value is -0.740. The maximum atomic E-state index is 12.5. The molecule has 11 heteroatoms. The highest BCUT2D eigenvalue weighted by atomic mass is 19.4. The van der Waals surface area contributed by atoms with E-state index >= 15 is 0 Å². The molecular weight excluding hydrogens is 278 g/mol. The molecule has 1 aliphatic carbocycles. The standard InChI is InChI=1S/C6HF10O/c7-1-2(8,9)4(11,12)6(15,16)5(13,14)3(1,10)17/h17H. The van der Waals surface area contributed by atoms with Gasteiger partial charge in [-0.1, -0.05) is 0 Å². The Morgan fingerprint density at radius 3 is 1.35 bits per heavy atom. The average Bonchev–Trinajstić information content (AvgIpc) is 2.13. The Morgan fingerprint density at radius 2 is 1.00 bits per heavy atom. The zero-order chi connectivity index (χ0) is 14.1. The molecule has 0 amide bonds. The summed E-state index contributed by atoms with van der Waals surface area (Å²) in [6.07, 6.45) is -4.27. The average molecular weight is 279 g/mol. The van der Waals surface area contributed by atoms with E-state index in [2.05, 4.69) is 0 Å². The van der Waals surface area contributed by atoms with Crippen LogP contribution in [0, 0.1) is 6.17 Å². The van der Waals surface area contributed by atoms with Crippen LogP contribution in [0.3, 0.4) is 0 Å². The molecule has 0 bridgehead atoms. The third-order valence-corrected chi connectivity index (χ3v) is 2.17. The topological polar surface area (TPSA) is 20.2 Å². The summed E-state index contributed by atoms with van der Waals surface area (Å²) < 4.78 is 124. The van der Waals surface area contributed by atoms with E-state index in [4.69, 9.17) is 5.11 Å². The first-order valence-corrected chi connectivity index (χ1v) is 3.61. The Kier molecular flexibility index (Phi) is 2.51. The van der Waals surface area contributed by atoms with Gasteiger partial charge < -0.3 is 5.11 Å².